The maximum Gasteiger partial charge on any atom is 0.0542 e. The first-order chi connectivity index (χ1) is 60.2. The third kappa shape index (κ3) is 14.2. The van der Waals surface area contributed by atoms with Crippen molar-refractivity contribution in [1.29, 1.82) is 0 Å². The van der Waals surface area contributed by atoms with Gasteiger partial charge in [-0.25, -0.2) is 0 Å². The first-order valence-corrected chi connectivity index (χ1v) is 41.7. The van der Waals surface area contributed by atoms with Crippen molar-refractivity contribution in [3.8, 4) is 33.9 Å². The summed E-state index contributed by atoms with van der Waals surface area (Å²) in [7, 11) is 8.54. The highest BCUT2D eigenvalue weighted by molar-refractivity contribution is 6.14. The predicted molar refractivity (Wildman–Crippen MR) is 522 cm³/mol. The van der Waals surface area contributed by atoms with Crippen LogP contribution in [0.25, 0.3) is 143 Å². The molecule has 0 aliphatic rings. The molecule has 0 saturated carbocycles. The van der Waals surface area contributed by atoms with E-state index in [0.717, 1.165) is 0 Å². The minimum Gasteiger partial charge on any atom is -0.345 e. The minimum absolute atomic E-state index is 1.17. The Morgan fingerprint density at radius 1 is 0.148 bits per heavy atom. The van der Waals surface area contributed by atoms with Crippen molar-refractivity contribution < 1.29 is 0 Å². The van der Waals surface area contributed by atoms with Crippen molar-refractivity contribution in [2.45, 2.75) is 0 Å². The van der Waals surface area contributed by atoms with Gasteiger partial charge < -0.3 is 37.9 Å². The normalized spacial score (nSPS) is 11.3. The number of para-hydroxylation sites is 9. The van der Waals surface area contributed by atoms with Crippen LogP contribution in [0.2, 0.25) is 0 Å². The van der Waals surface area contributed by atoms with Gasteiger partial charge in [-0.1, -0.05) is 273 Å². The average Bonchev–Trinajstić information content (AvgIpc) is 1.61. The summed E-state index contributed by atoms with van der Waals surface area (Å²) in [6, 6.07) is 164. The van der Waals surface area contributed by atoms with Gasteiger partial charge in [0.1, 0.15) is 0 Å². The lowest BCUT2D eigenvalue weighted by atomic mass is 10.1. The van der Waals surface area contributed by atoms with E-state index in [4.69, 9.17) is 0 Å². The van der Waals surface area contributed by atoms with E-state index in [0.29, 0.717) is 0 Å². The Bertz CT molecular complexity index is 7670. The van der Waals surface area contributed by atoms with Gasteiger partial charge >= 0.3 is 0 Å². The molecule has 4 aromatic heterocycles. The fourth-order valence-corrected chi connectivity index (χ4v) is 17.7. The number of fused-ring (bicyclic) bond motifs is 14. The second-order valence-electron chi connectivity index (χ2n) is 31.1. The molecule has 584 valence electrons. The van der Waals surface area contributed by atoms with Gasteiger partial charge in [0.15, 0.2) is 0 Å². The van der Waals surface area contributed by atoms with Gasteiger partial charge in [-0.05, 0) is 215 Å². The van der Waals surface area contributed by atoms with Gasteiger partial charge in [-0.15, -0.1) is 0 Å². The summed E-state index contributed by atoms with van der Waals surface area (Å²) < 4.78 is 9.40. The number of hydrogen-bond donors (Lipinski definition) is 0. The molecule has 8 nitrogen and oxygen atoms in total. The smallest absolute Gasteiger partial charge is 0.0542 e. The first-order valence-electron chi connectivity index (χ1n) is 41.7. The lowest BCUT2D eigenvalue weighted by Gasteiger charge is -2.22. The molecule has 0 fully saturated rings. The van der Waals surface area contributed by atoms with Crippen LogP contribution in [0.5, 0.6) is 0 Å². The Kier molecular flexibility index (Phi) is 20.2. The number of nitrogens with zero attached hydrogens (tertiary/aromatic N) is 8. The molecule has 122 heavy (non-hydrogen) atoms. The van der Waals surface area contributed by atoms with Crippen LogP contribution in [0.4, 0.5) is 45.5 Å². The predicted octanol–water partition coefficient (Wildman–Crippen LogP) is 30.2. The van der Waals surface area contributed by atoms with Crippen LogP contribution < -0.4 is 19.6 Å². The number of hydrogen-bond acceptors (Lipinski definition) is 4. The van der Waals surface area contributed by atoms with Crippen molar-refractivity contribution in [3.63, 3.8) is 0 Å². The molecule has 0 saturated heterocycles. The first kappa shape index (κ1) is 74.9. The van der Waals surface area contributed by atoms with Gasteiger partial charge in [0.05, 0.1) is 44.1 Å². The van der Waals surface area contributed by atoms with E-state index in [1.54, 1.807) is 0 Å². The Morgan fingerprint density at radius 3 is 0.795 bits per heavy atom. The van der Waals surface area contributed by atoms with E-state index >= 15 is 0 Å². The summed E-state index contributed by atoms with van der Waals surface area (Å²) in [5.41, 5.74) is 26.5. The largest absolute Gasteiger partial charge is 0.345 e. The summed E-state index contributed by atoms with van der Waals surface area (Å²) in [4.78, 5) is 9.04. The maximum atomic E-state index is 2.35. The second-order valence-corrected chi connectivity index (χ2v) is 31.1. The minimum atomic E-state index is 1.17. The van der Waals surface area contributed by atoms with Crippen LogP contribution in [-0.4, -0.2) is 46.5 Å². The molecule has 4 heterocycles. The molecule has 23 rings (SSSR count). The number of rotatable bonds is 13. The van der Waals surface area contributed by atoms with E-state index in [1.807, 2.05) is 6.07 Å². The zero-order chi connectivity index (χ0) is 82.0. The van der Waals surface area contributed by atoms with Crippen molar-refractivity contribution in [2.24, 2.45) is 0 Å². The molecule has 0 aliphatic heterocycles. The molecule has 0 bridgehead atoms. The monoisotopic (exact) mass is 1570 g/mol. The van der Waals surface area contributed by atoms with E-state index in [1.165, 1.54) is 188 Å². The summed E-state index contributed by atoms with van der Waals surface area (Å²) >= 11 is 0. The maximum absolute atomic E-state index is 2.35. The molecule has 0 radical (unpaired) electrons. The zero-order valence-electron chi connectivity index (χ0n) is 68.5. The molecular formula is C114H88N8. The van der Waals surface area contributed by atoms with Gasteiger partial charge in [-0.3, -0.25) is 0 Å². The number of aromatic nitrogens is 4. The zero-order valence-corrected chi connectivity index (χ0v) is 68.5. The lowest BCUT2D eigenvalue weighted by molar-refractivity contribution is 1.17. The molecule has 0 atom stereocenters. The molecule has 0 amide bonds. The topological polar surface area (TPSA) is 32.7 Å². The van der Waals surface area contributed by atoms with E-state index < -0.39 is 0 Å². The average molecular weight is 1570 g/mol. The van der Waals surface area contributed by atoms with E-state index in [2.05, 4.69) is 521 Å². The molecule has 19 aromatic carbocycles. The molecule has 0 spiro atoms. The number of benzene rings is 19. The Balaban J connectivity index is 0.000000104. The fourth-order valence-electron chi connectivity index (χ4n) is 17.7. The van der Waals surface area contributed by atoms with Crippen LogP contribution in [-0.2, 0) is 0 Å². The standard InChI is InChI=1S/C31H24N2.2C29H22N2.C25H20N2/c1-32(25-18-16-24(17-19-25)23-10-4-2-5-11-23)27-20-21-31-29(22-27)28-14-8-9-15-30(28)33(31)26-12-6-3-7-13-26;1-30(27-17-9-11-21-10-5-6-14-24(21)27)23-18-19-29-26(20-23)25-15-7-8-16-28(25)31(29)22-12-3-2-4-13-22;1-30(24-16-15-21-9-5-6-10-22(21)19-24)25-17-18-29-27(20-25)26-13-7-8-14-28(26)31(29)23-11-3-2-4-12-23;1-26(19-10-4-2-5-11-19)21-16-17-25-23(18-21)22-14-8-9-15-24(22)27(25)20-12-6-3-7-13-20/h2-22H,1H3;2*2-20H,1H3;2-18H,1H3. The molecule has 0 aliphatic carbocycles. The van der Waals surface area contributed by atoms with Gasteiger partial charge in [0.25, 0.3) is 0 Å². The second kappa shape index (κ2) is 32.9. The van der Waals surface area contributed by atoms with Crippen molar-refractivity contribution in [3.05, 3.63) is 461 Å². The van der Waals surface area contributed by atoms with Gasteiger partial charge in [0, 0.05) is 145 Å². The lowest BCUT2D eigenvalue weighted by Crippen LogP contribution is -2.09. The highest BCUT2D eigenvalue weighted by Crippen LogP contribution is 2.43. The van der Waals surface area contributed by atoms with Crippen molar-refractivity contribution in [2.75, 3.05) is 47.8 Å². The van der Waals surface area contributed by atoms with Crippen LogP contribution in [0.15, 0.2) is 461 Å². The van der Waals surface area contributed by atoms with Crippen LogP contribution in [0.3, 0.4) is 0 Å². The van der Waals surface area contributed by atoms with Gasteiger partial charge in [-0.2, -0.15) is 0 Å². The van der Waals surface area contributed by atoms with Gasteiger partial charge in [0.2, 0.25) is 0 Å². The highest BCUT2D eigenvalue weighted by Gasteiger charge is 2.21. The quantitative estimate of drug-likeness (QED) is 0.115. The summed E-state index contributed by atoms with van der Waals surface area (Å²) in [6.45, 7) is 0. The summed E-state index contributed by atoms with van der Waals surface area (Å²) in [5, 5.41) is 15.2. The van der Waals surface area contributed by atoms with Crippen LogP contribution >= 0.6 is 0 Å². The Hall–Kier alpha value is -15.9. The third-order valence-electron chi connectivity index (χ3n) is 24.0. The van der Waals surface area contributed by atoms with E-state index in [-0.39, 0.29) is 0 Å². The van der Waals surface area contributed by atoms with Crippen LogP contribution in [0, 0.1) is 0 Å². The molecule has 0 N–H and O–H groups in total. The molecule has 0 unspecified atom stereocenters. The molecule has 23 aromatic rings. The SMILES string of the molecule is CN(c1ccc(-c2ccccc2)cc1)c1ccc2c(c1)c1ccccc1n2-c1ccccc1.CN(c1ccc2c(c1)c1ccccc1n2-c1ccccc1)c1cccc2ccccc12.CN(c1ccc2ccccc2c1)c1ccc2c(c1)c1ccccc1n2-c1ccccc1.CN(c1ccccc1)c1ccc2c(c1)c1ccccc1n2-c1ccccc1. The Labute approximate surface area is 710 Å². The van der Waals surface area contributed by atoms with Crippen LogP contribution in [0.1, 0.15) is 0 Å². The highest BCUT2D eigenvalue weighted by atomic mass is 15.1. The number of anilines is 8. The third-order valence-corrected chi connectivity index (χ3v) is 24.0. The summed E-state index contributed by atoms with van der Waals surface area (Å²) in [5.74, 6) is 0. The molecular weight excluding hydrogens is 1480 g/mol. The molecule has 8 heteroatoms. The Morgan fingerprint density at radius 2 is 0.402 bits per heavy atom. The summed E-state index contributed by atoms with van der Waals surface area (Å²) in [6.07, 6.45) is 0. The van der Waals surface area contributed by atoms with Crippen molar-refractivity contribution >= 4 is 154 Å². The van der Waals surface area contributed by atoms with Crippen molar-refractivity contribution in [1.82, 2.24) is 18.3 Å². The fraction of sp³-hybridized carbons (Fsp3) is 0.0351. The van der Waals surface area contributed by atoms with E-state index in [9.17, 15) is 0 Å².